The van der Waals surface area contributed by atoms with Gasteiger partial charge in [0, 0.05) is 0 Å². The van der Waals surface area contributed by atoms with E-state index in [-0.39, 0.29) is 10.6 Å². The van der Waals surface area contributed by atoms with Crippen molar-refractivity contribution >= 4 is 21.4 Å². The van der Waals surface area contributed by atoms with Crippen LogP contribution in [0.15, 0.2) is 47.4 Å². The highest BCUT2D eigenvalue weighted by atomic mass is 32.2. The molecule has 0 aliphatic rings. The quantitative estimate of drug-likeness (QED) is 0.848. The van der Waals surface area contributed by atoms with Gasteiger partial charge in [-0.3, -0.25) is 4.72 Å². The molecular weight excluding hydrogens is 276 g/mol. The van der Waals surface area contributed by atoms with Crippen molar-refractivity contribution < 1.29 is 13.2 Å². The average Bonchev–Trinajstić information content (AvgIpc) is 2.41. The summed E-state index contributed by atoms with van der Waals surface area (Å²) in [5, 5.41) is 0. The summed E-state index contributed by atoms with van der Waals surface area (Å²) >= 11 is 0. The van der Waals surface area contributed by atoms with Gasteiger partial charge in [0.05, 0.1) is 18.5 Å². The van der Waals surface area contributed by atoms with Crippen molar-refractivity contribution in [3.8, 4) is 5.75 Å². The number of benzene rings is 2. The Kier molecular flexibility index (Phi) is 3.85. The minimum Gasteiger partial charge on any atom is -0.495 e. The number of ether oxygens (including phenoxy) is 1. The van der Waals surface area contributed by atoms with Crippen molar-refractivity contribution in [3.05, 3.63) is 48.0 Å². The van der Waals surface area contributed by atoms with E-state index in [0.29, 0.717) is 11.4 Å². The fourth-order valence-corrected chi connectivity index (χ4v) is 3.09. The lowest BCUT2D eigenvalue weighted by atomic mass is 10.2. The zero-order chi connectivity index (χ0) is 14.8. The number of hydrogen-bond acceptors (Lipinski definition) is 4. The number of methoxy groups -OCH3 is 1. The van der Waals surface area contributed by atoms with Crippen molar-refractivity contribution in [1.29, 1.82) is 0 Å². The van der Waals surface area contributed by atoms with Gasteiger partial charge < -0.3 is 10.5 Å². The molecule has 0 amide bonds. The standard InChI is InChI=1S/C14H16N2O3S/c1-10-7-8-11(15)14(9-10)20(17,18)16-12-5-3-4-6-13(12)19-2/h3-9,16H,15H2,1-2H3. The van der Waals surface area contributed by atoms with E-state index in [9.17, 15) is 8.42 Å². The van der Waals surface area contributed by atoms with Gasteiger partial charge in [0.15, 0.2) is 0 Å². The third-order valence-electron chi connectivity index (χ3n) is 2.81. The van der Waals surface area contributed by atoms with Crippen LogP contribution < -0.4 is 15.2 Å². The number of nitrogen functional groups attached to an aromatic ring is 1. The van der Waals surface area contributed by atoms with Crippen LogP contribution in [-0.4, -0.2) is 15.5 Å². The zero-order valence-corrected chi connectivity index (χ0v) is 12.1. The molecule has 20 heavy (non-hydrogen) atoms. The first-order valence-corrected chi connectivity index (χ1v) is 7.44. The highest BCUT2D eigenvalue weighted by Crippen LogP contribution is 2.28. The summed E-state index contributed by atoms with van der Waals surface area (Å²) in [7, 11) is -2.27. The van der Waals surface area contributed by atoms with Crippen LogP contribution >= 0.6 is 0 Å². The first-order chi connectivity index (χ1) is 9.44. The second-order valence-corrected chi connectivity index (χ2v) is 6.00. The van der Waals surface area contributed by atoms with E-state index in [4.69, 9.17) is 10.5 Å². The lowest BCUT2D eigenvalue weighted by molar-refractivity contribution is 0.417. The fraction of sp³-hybridized carbons (Fsp3) is 0.143. The molecule has 0 spiro atoms. The molecule has 3 N–H and O–H groups in total. The van der Waals surface area contributed by atoms with E-state index in [1.165, 1.54) is 13.2 Å². The van der Waals surface area contributed by atoms with Crippen LogP contribution in [0.1, 0.15) is 5.56 Å². The van der Waals surface area contributed by atoms with Crippen molar-refractivity contribution in [2.45, 2.75) is 11.8 Å². The van der Waals surface area contributed by atoms with Gasteiger partial charge in [-0.15, -0.1) is 0 Å². The third-order valence-corrected chi connectivity index (χ3v) is 4.23. The van der Waals surface area contributed by atoms with Gasteiger partial charge in [-0.25, -0.2) is 8.42 Å². The molecule has 2 rings (SSSR count). The van der Waals surface area contributed by atoms with Crippen LogP contribution in [0.3, 0.4) is 0 Å². The topological polar surface area (TPSA) is 81.4 Å². The number of hydrogen-bond donors (Lipinski definition) is 2. The summed E-state index contributed by atoms with van der Waals surface area (Å²) in [4.78, 5) is 0.0587. The summed E-state index contributed by atoms with van der Waals surface area (Å²) in [5.41, 5.74) is 7.15. The number of anilines is 2. The normalized spacial score (nSPS) is 11.1. The molecule has 5 nitrogen and oxygen atoms in total. The predicted molar refractivity (Wildman–Crippen MR) is 79.4 cm³/mol. The molecule has 6 heteroatoms. The fourth-order valence-electron chi connectivity index (χ4n) is 1.80. The number of nitrogens with one attached hydrogen (secondary N) is 1. The van der Waals surface area contributed by atoms with Crippen molar-refractivity contribution in [2.75, 3.05) is 17.6 Å². The molecule has 0 saturated heterocycles. The van der Waals surface area contributed by atoms with E-state index in [1.807, 2.05) is 6.92 Å². The zero-order valence-electron chi connectivity index (χ0n) is 11.3. The molecule has 0 radical (unpaired) electrons. The highest BCUT2D eigenvalue weighted by molar-refractivity contribution is 7.92. The summed E-state index contributed by atoms with van der Waals surface area (Å²) in [6.07, 6.45) is 0. The van der Waals surface area contributed by atoms with E-state index < -0.39 is 10.0 Å². The van der Waals surface area contributed by atoms with Crippen LogP contribution in [0.4, 0.5) is 11.4 Å². The first kappa shape index (κ1) is 14.2. The summed E-state index contributed by atoms with van der Waals surface area (Å²) in [5.74, 6) is 0.447. The van der Waals surface area contributed by atoms with Crippen LogP contribution in [0.25, 0.3) is 0 Å². The number of nitrogens with two attached hydrogens (primary N) is 1. The third kappa shape index (κ3) is 2.85. The van der Waals surface area contributed by atoms with Gasteiger partial charge >= 0.3 is 0 Å². The van der Waals surface area contributed by atoms with E-state index in [0.717, 1.165) is 5.56 Å². The number of sulfonamides is 1. The largest absolute Gasteiger partial charge is 0.495 e. The Morgan fingerprint density at radius 2 is 1.85 bits per heavy atom. The highest BCUT2D eigenvalue weighted by Gasteiger charge is 2.19. The number of para-hydroxylation sites is 2. The molecule has 0 atom stereocenters. The van der Waals surface area contributed by atoms with E-state index in [1.54, 1.807) is 36.4 Å². The average molecular weight is 292 g/mol. The van der Waals surface area contributed by atoms with Gasteiger partial charge in [0.2, 0.25) is 0 Å². The molecule has 0 saturated carbocycles. The second kappa shape index (κ2) is 5.42. The lowest BCUT2D eigenvalue weighted by Crippen LogP contribution is -2.15. The monoisotopic (exact) mass is 292 g/mol. The van der Waals surface area contributed by atoms with Crippen LogP contribution in [-0.2, 0) is 10.0 Å². The Bertz CT molecular complexity index is 727. The van der Waals surface area contributed by atoms with Crippen molar-refractivity contribution in [1.82, 2.24) is 0 Å². The maximum atomic E-state index is 12.4. The van der Waals surface area contributed by atoms with Crippen molar-refractivity contribution in [3.63, 3.8) is 0 Å². The van der Waals surface area contributed by atoms with Crippen LogP contribution in [0.2, 0.25) is 0 Å². The molecule has 0 aliphatic heterocycles. The minimum absolute atomic E-state index is 0.0587. The summed E-state index contributed by atoms with van der Waals surface area (Å²) < 4.78 is 32.4. The molecule has 0 aromatic heterocycles. The molecule has 2 aromatic rings. The molecule has 0 aliphatic carbocycles. The Balaban J connectivity index is 2.43. The van der Waals surface area contributed by atoms with Gasteiger partial charge in [-0.2, -0.15) is 0 Å². The molecule has 0 bridgehead atoms. The molecule has 0 unspecified atom stereocenters. The molecular formula is C14H16N2O3S. The predicted octanol–water partition coefficient (Wildman–Crippen LogP) is 2.39. The van der Waals surface area contributed by atoms with Crippen LogP contribution in [0, 0.1) is 6.92 Å². The smallest absolute Gasteiger partial charge is 0.264 e. The number of aryl methyl sites for hydroxylation is 1. The minimum atomic E-state index is -3.75. The first-order valence-electron chi connectivity index (χ1n) is 5.96. The summed E-state index contributed by atoms with van der Waals surface area (Å²) in [6, 6.07) is 11.7. The Labute approximate surface area is 118 Å². The second-order valence-electron chi connectivity index (χ2n) is 4.35. The maximum Gasteiger partial charge on any atom is 0.264 e. The maximum absolute atomic E-state index is 12.4. The molecule has 0 fully saturated rings. The van der Waals surface area contributed by atoms with E-state index in [2.05, 4.69) is 4.72 Å². The molecule has 106 valence electrons. The Morgan fingerprint density at radius 1 is 1.15 bits per heavy atom. The lowest BCUT2D eigenvalue weighted by Gasteiger charge is -2.13. The Morgan fingerprint density at radius 3 is 2.55 bits per heavy atom. The van der Waals surface area contributed by atoms with Gasteiger partial charge in [0.1, 0.15) is 10.6 Å². The molecule has 0 heterocycles. The Hall–Kier alpha value is -2.21. The van der Waals surface area contributed by atoms with Gasteiger partial charge in [-0.05, 0) is 36.8 Å². The SMILES string of the molecule is COc1ccccc1NS(=O)(=O)c1cc(C)ccc1N. The van der Waals surface area contributed by atoms with Gasteiger partial charge in [0.25, 0.3) is 10.0 Å². The van der Waals surface area contributed by atoms with E-state index >= 15 is 0 Å². The van der Waals surface area contributed by atoms with Crippen molar-refractivity contribution in [2.24, 2.45) is 0 Å². The number of rotatable bonds is 4. The molecule has 2 aromatic carbocycles. The van der Waals surface area contributed by atoms with Crippen LogP contribution in [0.5, 0.6) is 5.75 Å². The van der Waals surface area contributed by atoms with Gasteiger partial charge in [-0.1, -0.05) is 18.2 Å². The summed E-state index contributed by atoms with van der Waals surface area (Å²) in [6.45, 7) is 1.81.